The number of hydrogen-bond acceptors (Lipinski definition) is 5. The zero-order chi connectivity index (χ0) is 18.7. The first kappa shape index (κ1) is 18.0. The molecule has 0 fully saturated rings. The van der Waals surface area contributed by atoms with E-state index in [1.807, 2.05) is 54.7 Å². The first-order valence-corrected chi connectivity index (χ1v) is 9.18. The summed E-state index contributed by atoms with van der Waals surface area (Å²) in [6.07, 6.45) is 0. The minimum absolute atomic E-state index is 0.0454. The van der Waals surface area contributed by atoms with Gasteiger partial charge >= 0.3 is 5.97 Å². The average Bonchev–Trinajstić information content (AvgIpc) is 3.18. The molecular weight excluding hydrogens is 350 g/mol. The predicted octanol–water partition coefficient (Wildman–Crippen LogP) is 3.58. The van der Waals surface area contributed by atoms with Crippen molar-refractivity contribution >= 4 is 44.8 Å². The van der Waals surface area contributed by atoms with Crippen LogP contribution in [0.1, 0.15) is 17.4 Å². The fourth-order valence-corrected chi connectivity index (χ4v) is 3.53. The molecule has 6 nitrogen and oxygen atoms in total. The SMILES string of the molecule is CCOC(=O)c1cc2sccc2n1CC(=O)Nc1ccc(N(C)C)cc1. The van der Waals surface area contributed by atoms with Crippen LogP contribution in [0.4, 0.5) is 11.4 Å². The Bertz CT molecular complexity index is 925. The van der Waals surface area contributed by atoms with E-state index >= 15 is 0 Å². The molecule has 1 N–H and O–H groups in total. The Labute approximate surface area is 156 Å². The van der Waals surface area contributed by atoms with Crippen LogP contribution >= 0.6 is 11.3 Å². The quantitative estimate of drug-likeness (QED) is 0.673. The molecule has 0 radical (unpaired) electrons. The lowest BCUT2D eigenvalue weighted by atomic mass is 10.2. The van der Waals surface area contributed by atoms with Crippen molar-refractivity contribution in [3.63, 3.8) is 0 Å². The van der Waals surface area contributed by atoms with Crippen LogP contribution < -0.4 is 10.2 Å². The number of fused-ring (bicyclic) bond motifs is 1. The van der Waals surface area contributed by atoms with Gasteiger partial charge in [0.05, 0.1) is 16.8 Å². The van der Waals surface area contributed by atoms with Crippen molar-refractivity contribution in [1.29, 1.82) is 0 Å². The first-order chi connectivity index (χ1) is 12.5. The Morgan fingerprint density at radius 3 is 2.58 bits per heavy atom. The molecule has 3 aromatic rings. The van der Waals surface area contributed by atoms with Crippen molar-refractivity contribution in [2.75, 3.05) is 30.9 Å². The molecule has 3 rings (SSSR count). The van der Waals surface area contributed by atoms with Gasteiger partial charge in [-0.25, -0.2) is 4.79 Å². The fourth-order valence-electron chi connectivity index (χ4n) is 2.71. The van der Waals surface area contributed by atoms with Crippen LogP contribution in [0.3, 0.4) is 0 Å². The van der Waals surface area contributed by atoms with Gasteiger partial charge in [-0.3, -0.25) is 4.79 Å². The molecule has 26 heavy (non-hydrogen) atoms. The summed E-state index contributed by atoms with van der Waals surface area (Å²) >= 11 is 1.53. The van der Waals surface area contributed by atoms with Crippen LogP contribution in [0.25, 0.3) is 10.2 Å². The number of aromatic nitrogens is 1. The summed E-state index contributed by atoms with van der Waals surface area (Å²) in [5.74, 6) is -0.615. The first-order valence-electron chi connectivity index (χ1n) is 8.30. The number of esters is 1. The molecule has 1 aromatic carbocycles. The molecule has 2 aromatic heterocycles. The van der Waals surface area contributed by atoms with Crippen LogP contribution in [-0.4, -0.2) is 37.1 Å². The van der Waals surface area contributed by atoms with E-state index in [0.29, 0.717) is 18.0 Å². The van der Waals surface area contributed by atoms with Gasteiger partial charge in [0, 0.05) is 25.5 Å². The minimum Gasteiger partial charge on any atom is -0.461 e. The second-order valence-corrected chi connectivity index (χ2v) is 6.94. The van der Waals surface area contributed by atoms with E-state index in [0.717, 1.165) is 15.9 Å². The van der Waals surface area contributed by atoms with Gasteiger partial charge in [0.2, 0.25) is 5.91 Å². The van der Waals surface area contributed by atoms with Crippen LogP contribution in [0.15, 0.2) is 41.8 Å². The molecule has 0 bridgehead atoms. The molecule has 2 heterocycles. The number of nitrogens with zero attached hydrogens (tertiary/aromatic N) is 2. The summed E-state index contributed by atoms with van der Waals surface area (Å²) in [5.41, 5.74) is 3.02. The maximum Gasteiger partial charge on any atom is 0.355 e. The Kier molecular flexibility index (Phi) is 5.27. The van der Waals surface area contributed by atoms with Crippen molar-refractivity contribution in [1.82, 2.24) is 4.57 Å². The Balaban J connectivity index is 1.79. The Hall–Kier alpha value is -2.80. The number of carbonyl (C=O) groups is 2. The Morgan fingerprint density at radius 1 is 1.19 bits per heavy atom. The highest BCUT2D eigenvalue weighted by atomic mass is 32.1. The Morgan fingerprint density at radius 2 is 1.92 bits per heavy atom. The number of anilines is 2. The highest BCUT2D eigenvalue weighted by Crippen LogP contribution is 2.26. The third-order valence-electron chi connectivity index (χ3n) is 3.98. The molecule has 0 aliphatic carbocycles. The second kappa shape index (κ2) is 7.61. The number of thiophene rings is 1. The lowest BCUT2D eigenvalue weighted by molar-refractivity contribution is -0.116. The van der Waals surface area contributed by atoms with E-state index in [1.165, 1.54) is 11.3 Å². The van der Waals surface area contributed by atoms with Crippen LogP contribution in [-0.2, 0) is 16.1 Å². The molecule has 0 aliphatic rings. The topological polar surface area (TPSA) is 63.6 Å². The molecule has 0 saturated heterocycles. The van der Waals surface area contributed by atoms with E-state index in [-0.39, 0.29) is 12.5 Å². The smallest absolute Gasteiger partial charge is 0.355 e. The monoisotopic (exact) mass is 371 g/mol. The van der Waals surface area contributed by atoms with Crippen LogP contribution in [0.2, 0.25) is 0 Å². The molecule has 0 saturated carbocycles. The maximum atomic E-state index is 12.5. The van der Waals surface area contributed by atoms with Crippen molar-refractivity contribution < 1.29 is 14.3 Å². The summed E-state index contributed by atoms with van der Waals surface area (Å²) in [5, 5.41) is 4.81. The molecule has 1 amide bonds. The lowest BCUT2D eigenvalue weighted by Gasteiger charge is -2.13. The number of ether oxygens (including phenoxy) is 1. The summed E-state index contributed by atoms with van der Waals surface area (Å²) in [6, 6.07) is 11.3. The summed E-state index contributed by atoms with van der Waals surface area (Å²) in [7, 11) is 3.92. The van der Waals surface area contributed by atoms with Gasteiger partial charge in [0.1, 0.15) is 12.2 Å². The molecule has 0 aliphatic heterocycles. The van der Waals surface area contributed by atoms with E-state index in [9.17, 15) is 9.59 Å². The van der Waals surface area contributed by atoms with Crippen molar-refractivity contribution in [3.8, 4) is 0 Å². The molecule has 0 spiro atoms. The number of rotatable bonds is 6. The lowest BCUT2D eigenvalue weighted by Crippen LogP contribution is -2.22. The standard InChI is InChI=1S/C19H21N3O3S/c1-4-25-19(24)16-11-17-15(9-10-26-17)22(16)12-18(23)20-13-5-7-14(8-6-13)21(2)3/h5-11H,4,12H2,1-3H3,(H,20,23). The number of amides is 1. The minimum atomic E-state index is -0.418. The summed E-state index contributed by atoms with van der Waals surface area (Å²) < 4.78 is 7.77. The van der Waals surface area contributed by atoms with Gasteiger partial charge in [0.15, 0.2) is 0 Å². The van der Waals surface area contributed by atoms with Gasteiger partial charge in [-0.15, -0.1) is 11.3 Å². The molecule has 0 unspecified atom stereocenters. The van der Waals surface area contributed by atoms with Gasteiger partial charge in [-0.05, 0) is 48.7 Å². The molecule has 0 atom stereocenters. The van der Waals surface area contributed by atoms with Gasteiger partial charge in [-0.1, -0.05) is 0 Å². The maximum absolute atomic E-state index is 12.5. The van der Waals surface area contributed by atoms with E-state index < -0.39 is 5.97 Å². The van der Waals surface area contributed by atoms with Crippen molar-refractivity contribution in [2.45, 2.75) is 13.5 Å². The zero-order valence-electron chi connectivity index (χ0n) is 15.0. The summed E-state index contributed by atoms with van der Waals surface area (Å²) in [6.45, 7) is 2.10. The van der Waals surface area contributed by atoms with Crippen molar-refractivity contribution in [3.05, 3.63) is 47.5 Å². The average molecular weight is 371 g/mol. The highest BCUT2D eigenvalue weighted by molar-refractivity contribution is 7.17. The van der Waals surface area contributed by atoms with E-state index in [1.54, 1.807) is 17.6 Å². The number of carbonyl (C=O) groups excluding carboxylic acids is 2. The number of nitrogens with one attached hydrogen (secondary N) is 1. The molecular formula is C19H21N3O3S. The normalized spacial score (nSPS) is 10.7. The molecule has 7 heteroatoms. The third kappa shape index (κ3) is 3.72. The number of benzene rings is 1. The molecule has 136 valence electrons. The van der Waals surface area contributed by atoms with E-state index in [4.69, 9.17) is 4.74 Å². The van der Waals surface area contributed by atoms with Crippen LogP contribution in [0, 0.1) is 0 Å². The van der Waals surface area contributed by atoms with Crippen molar-refractivity contribution in [2.24, 2.45) is 0 Å². The summed E-state index contributed by atoms with van der Waals surface area (Å²) in [4.78, 5) is 26.7. The fraction of sp³-hybridized carbons (Fsp3) is 0.263. The highest BCUT2D eigenvalue weighted by Gasteiger charge is 2.19. The second-order valence-electron chi connectivity index (χ2n) is 6.00. The number of hydrogen-bond donors (Lipinski definition) is 1. The van der Waals surface area contributed by atoms with Gasteiger partial charge in [-0.2, -0.15) is 0 Å². The van der Waals surface area contributed by atoms with Gasteiger partial charge in [0.25, 0.3) is 0 Å². The van der Waals surface area contributed by atoms with E-state index in [2.05, 4.69) is 5.32 Å². The largest absolute Gasteiger partial charge is 0.461 e. The van der Waals surface area contributed by atoms with Crippen LogP contribution in [0.5, 0.6) is 0 Å². The third-order valence-corrected chi connectivity index (χ3v) is 4.83. The predicted molar refractivity (Wildman–Crippen MR) is 105 cm³/mol. The van der Waals surface area contributed by atoms with Gasteiger partial charge < -0.3 is 19.5 Å². The zero-order valence-corrected chi connectivity index (χ0v) is 15.8.